The zero-order chi connectivity index (χ0) is 14.1. The lowest BCUT2D eigenvalue weighted by molar-refractivity contribution is 0.570. The van der Waals surface area contributed by atoms with Crippen molar-refractivity contribution in [3.8, 4) is 0 Å². The first-order valence-corrected chi connectivity index (χ1v) is 6.85. The molecule has 0 fully saturated rings. The van der Waals surface area contributed by atoms with E-state index in [1.807, 2.05) is 18.2 Å². The van der Waals surface area contributed by atoms with Crippen molar-refractivity contribution in [2.45, 2.75) is 26.2 Å². The van der Waals surface area contributed by atoms with Gasteiger partial charge < -0.3 is 11.1 Å². The fraction of sp³-hybridized carbons (Fsp3) is 0.462. The number of guanidine groups is 1. The largest absolute Gasteiger partial charge is 0.370 e. The van der Waals surface area contributed by atoms with Crippen LogP contribution in [0.15, 0.2) is 24.4 Å². The monoisotopic (exact) mass is 279 g/mol. The molecule has 0 aromatic carbocycles. The molecule has 0 aliphatic rings. The maximum Gasteiger partial charge on any atom is 0.194 e. The van der Waals surface area contributed by atoms with Crippen molar-refractivity contribution in [2.75, 3.05) is 13.1 Å². The van der Waals surface area contributed by atoms with E-state index < -0.39 is 0 Å². The van der Waals surface area contributed by atoms with Crippen LogP contribution in [0.1, 0.15) is 25.5 Å². The highest BCUT2D eigenvalue weighted by Gasteiger charge is 2.12. The lowest BCUT2D eigenvalue weighted by Crippen LogP contribution is -2.47. The first-order chi connectivity index (χ1) is 9.15. The summed E-state index contributed by atoms with van der Waals surface area (Å²) in [5, 5.41) is 11.2. The Balaban J connectivity index is 2.48. The van der Waals surface area contributed by atoms with Crippen LogP contribution in [0, 0.1) is 5.41 Å². The lowest BCUT2D eigenvalue weighted by Gasteiger charge is -2.23. The Morgan fingerprint density at radius 1 is 1.53 bits per heavy atom. The number of nitrogens with two attached hydrogens (primary N) is 1. The summed E-state index contributed by atoms with van der Waals surface area (Å²) in [6.45, 7) is 3.49. The van der Waals surface area contributed by atoms with Crippen molar-refractivity contribution < 1.29 is 0 Å². The highest BCUT2D eigenvalue weighted by atomic mass is 32.1. The van der Waals surface area contributed by atoms with E-state index in [0.717, 1.165) is 25.1 Å². The maximum atomic E-state index is 7.58. The number of hydrogen-bond acceptors (Lipinski definition) is 3. The Morgan fingerprint density at radius 2 is 2.32 bits per heavy atom. The number of thiocarbonyl (C=S) groups is 1. The van der Waals surface area contributed by atoms with Gasteiger partial charge in [0.05, 0.1) is 0 Å². The second-order valence-corrected chi connectivity index (χ2v) is 4.58. The molecule has 1 aromatic heterocycles. The third-order valence-electron chi connectivity index (χ3n) is 2.66. The zero-order valence-corrected chi connectivity index (χ0v) is 12.0. The van der Waals surface area contributed by atoms with Gasteiger partial charge in [0, 0.05) is 31.4 Å². The van der Waals surface area contributed by atoms with Crippen LogP contribution in [0.2, 0.25) is 0 Å². The van der Waals surface area contributed by atoms with Gasteiger partial charge in [0.1, 0.15) is 0 Å². The van der Waals surface area contributed by atoms with Gasteiger partial charge in [-0.2, -0.15) is 0 Å². The number of aromatic nitrogens is 1. The molecule has 104 valence electrons. The molecule has 0 unspecified atom stereocenters. The van der Waals surface area contributed by atoms with E-state index in [0.29, 0.717) is 18.1 Å². The van der Waals surface area contributed by atoms with Crippen LogP contribution in [-0.2, 0) is 6.42 Å². The predicted octanol–water partition coefficient (Wildman–Crippen LogP) is 1.49. The van der Waals surface area contributed by atoms with Crippen LogP contribution in [0.5, 0.6) is 0 Å². The number of nitrogens with one attached hydrogen (secondary N) is 2. The molecule has 0 amide bonds. The first-order valence-electron chi connectivity index (χ1n) is 6.44. The third-order valence-corrected chi connectivity index (χ3v) is 3.02. The van der Waals surface area contributed by atoms with E-state index in [2.05, 4.69) is 17.2 Å². The van der Waals surface area contributed by atoms with Gasteiger partial charge in [0.2, 0.25) is 0 Å². The van der Waals surface area contributed by atoms with Crippen molar-refractivity contribution >= 4 is 23.3 Å². The van der Waals surface area contributed by atoms with Crippen molar-refractivity contribution in [1.82, 2.24) is 15.2 Å². The summed E-state index contributed by atoms with van der Waals surface area (Å²) in [7, 11) is 0. The second kappa shape index (κ2) is 8.42. The second-order valence-electron chi connectivity index (χ2n) is 4.19. The molecule has 0 saturated heterocycles. The van der Waals surface area contributed by atoms with Crippen molar-refractivity contribution in [2.24, 2.45) is 5.73 Å². The molecular formula is C13H21N5S. The molecule has 4 N–H and O–H groups in total. The Kier molecular flexibility index (Phi) is 6.81. The number of nitrogens with zero attached hydrogens (tertiary/aromatic N) is 2. The van der Waals surface area contributed by atoms with Crippen LogP contribution in [-0.4, -0.2) is 34.0 Å². The molecule has 0 aliphatic carbocycles. The van der Waals surface area contributed by atoms with Crippen LogP contribution in [0.3, 0.4) is 0 Å². The molecule has 0 spiro atoms. The van der Waals surface area contributed by atoms with Crippen molar-refractivity contribution in [3.63, 3.8) is 0 Å². The van der Waals surface area contributed by atoms with Gasteiger partial charge in [-0.1, -0.05) is 19.4 Å². The molecule has 0 aliphatic heterocycles. The third kappa shape index (κ3) is 5.65. The Hall–Kier alpha value is -1.69. The fourth-order valence-electron chi connectivity index (χ4n) is 1.57. The molecule has 0 saturated carbocycles. The average Bonchev–Trinajstić information content (AvgIpc) is 2.40. The SMILES string of the molecule is CCCCNC(=S)N(CCc1ccccn1)C(=N)N. The number of rotatable bonds is 6. The highest BCUT2D eigenvalue weighted by Crippen LogP contribution is 1.98. The van der Waals surface area contributed by atoms with Crippen LogP contribution in [0.25, 0.3) is 0 Å². The molecule has 6 heteroatoms. The summed E-state index contributed by atoms with van der Waals surface area (Å²) >= 11 is 5.25. The zero-order valence-electron chi connectivity index (χ0n) is 11.2. The predicted molar refractivity (Wildman–Crippen MR) is 82.1 cm³/mol. The van der Waals surface area contributed by atoms with Crippen LogP contribution >= 0.6 is 12.2 Å². The molecule has 1 rings (SSSR count). The smallest absolute Gasteiger partial charge is 0.194 e. The van der Waals surface area contributed by atoms with Gasteiger partial charge in [-0.3, -0.25) is 15.3 Å². The highest BCUT2D eigenvalue weighted by molar-refractivity contribution is 7.80. The molecule has 0 bridgehead atoms. The van der Waals surface area contributed by atoms with E-state index in [4.69, 9.17) is 23.4 Å². The summed E-state index contributed by atoms with van der Waals surface area (Å²) in [6.07, 6.45) is 4.61. The summed E-state index contributed by atoms with van der Waals surface area (Å²) in [6, 6.07) is 5.77. The van der Waals surface area contributed by atoms with Crippen molar-refractivity contribution in [3.05, 3.63) is 30.1 Å². The molecular weight excluding hydrogens is 258 g/mol. The molecule has 0 atom stereocenters. The molecule has 5 nitrogen and oxygen atoms in total. The van der Waals surface area contributed by atoms with Gasteiger partial charge in [0.25, 0.3) is 0 Å². The molecule has 1 heterocycles. The standard InChI is InChI=1S/C13H21N5S/c1-2-3-8-17-13(19)18(12(14)15)10-7-11-6-4-5-9-16-11/h4-6,9H,2-3,7-8,10H2,1H3,(H3,14,15)(H,17,19). The number of pyridine rings is 1. The Bertz CT molecular complexity index is 407. The fourth-order valence-corrected chi connectivity index (χ4v) is 1.86. The Labute approximate surface area is 119 Å². The van der Waals surface area contributed by atoms with Crippen LogP contribution < -0.4 is 11.1 Å². The summed E-state index contributed by atoms with van der Waals surface area (Å²) in [5.74, 6) is -0.0371. The van der Waals surface area contributed by atoms with Gasteiger partial charge in [-0.25, -0.2) is 0 Å². The van der Waals surface area contributed by atoms with Gasteiger partial charge in [0.15, 0.2) is 11.1 Å². The van der Waals surface area contributed by atoms with Gasteiger partial charge in [-0.05, 0) is 30.8 Å². The van der Waals surface area contributed by atoms with E-state index in [1.54, 1.807) is 11.1 Å². The average molecular weight is 279 g/mol. The summed E-state index contributed by atoms with van der Waals surface area (Å²) in [5.41, 5.74) is 6.53. The van der Waals surface area contributed by atoms with Gasteiger partial charge >= 0.3 is 0 Å². The number of hydrogen-bond donors (Lipinski definition) is 3. The normalized spacial score (nSPS) is 9.95. The molecule has 1 aromatic rings. The minimum absolute atomic E-state index is 0.0371. The molecule has 0 radical (unpaired) electrons. The number of unbranched alkanes of at least 4 members (excludes halogenated alkanes) is 1. The molecule has 19 heavy (non-hydrogen) atoms. The minimum atomic E-state index is -0.0371. The summed E-state index contributed by atoms with van der Waals surface area (Å²) < 4.78 is 0. The van der Waals surface area contributed by atoms with E-state index >= 15 is 0 Å². The first kappa shape index (κ1) is 15.4. The van der Waals surface area contributed by atoms with E-state index in [9.17, 15) is 0 Å². The maximum absolute atomic E-state index is 7.58. The Morgan fingerprint density at radius 3 is 2.89 bits per heavy atom. The quantitative estimate of drug-likeness (QED) is 0.318. The lowest BCUT2D eigenvalue weighted by atomic mass is 10.2. The minimum Gasteiger partial charge on any atom is -0.370 e. The van der Waals surface area contributed by atoms with Crippen molar-refractivity contribution in [1.29, 1.82) is 5.41 Å². The van der Waals surface area contributed by atoms with E-state index in [-0.39, 0.29) is 5.96 Å². The topological polar surface area (TPSA) is 78.0 Å². The van der Waals surface area contributed by atoms with Crippen LogP contribution in [0.4, 0.5) is 0 Å². The van der Waals surface area contributed by atoms with Gasteiger partial charge in [-0.15, -0.1) is 0 Å². The summed E-state index contributed by atoms with van der Waals surface area (Å²) in [4.78, 5) is 5.84. The van der Waals surface area contributed by atoms with E-state index in [1.165, 1.54) is 0 Å².